The van der Waals surface area contributed by atoms with E-state index in [4.69, 9.17) is 28.4 Å². The number of ether oxygens (including phenoxy) is 6. The number of hydrogen-bond donors (Lipinski definition) is 8. The molecule has 8 N–H and O–H groups in total. The second-order valence-electron chi connectivity index (χ2n) is 22.3. The molecule has 0 unspecified atom stereocenters. The van der Waals surface area contributed by atoms with Crippen molar-refractivity contribution < 1.29 is 87.5 Å². The summed E-state index contributed by atoms with van der Waals surface area (Å²) < 4.78 is 34.3. The first-order chi connectivity index (χ1) is 39.1. The van der Waals surface area contributed by atoms with Crippen molar-refractivity contribution in [2.75, 3.05) is 62.0 Å². The molecule has 15 atom stereocenters. The minimum absolute atomic E-state index is 0.112. The summed E-state index contributed by atoms with van der Waals surface area (Å²) in [7, 11) is 9.13. The molecule has 6 amide bonds. The quantitative estimate of drug-likeness (QED) is 0.0580. The van der Waals surface area contributed by atoms with Crippen LogP contribution in [0.3, 0.4) is 0 Å². The van der Waals surface area contributed by atoms with Gasteiger partial charge in [-0.25, -0.2) is 14.4 Å². The van der Waals surface area contributed by atoms with Gasteiger partial charge >= 0.3 is 18.2 Å². The predicted octanol–water partition coefficient (Wildman–Crippen LogP) is 2.50. The maximum Gasteiger partial charge on any atom is 0.415 e. The smallest absolute Gasteiger partial charge is 0.415 e. The topological polar surface area (TPSA) is 325 Å². The number of benzene rings is 2. The molecule has 25 heteroatoms. The Labute approximate surface area is 487 Å². The number of aliphatic carboxylic acids is 1. The van der Waals surface area contributed by atoms with Gasteiger partial charge in [0.1, 0.15) is 48.5 Å². The molecule has 2 aromatic rings. The van der Waals surface area contributed by atoms with Gasteiger partial charge in [0.15, 0.2) is 6.10 Å². The molecule has 25 nitrogen and oxygen atoms in total. The van der Waals surface area contributed by atoms with E-state index in [1.807, 2.05) is 32.0 Å². The van der Waals surface area contributed by atoms with Gasteiger partial charge in [0, 0.05) is 66.6 Å². The SMILES string of the molecule is CC[C@H](C)[C@@H]([C@@H](CC(=O)N1CCC[C@H]1[C@H](OC)[C@@H](C)C(=O)N[C@H](C)[C@@H](O)c1ccccc1)OC)N(C)C(=O)[C@@H](NC(=O)[C@H](C(C)C)N(C)C(=O)OCc1ccc(O[C@@H]2O[C@H](C(=O)O)[C@@H](O)[C@H](O)[C@H]2O)cc1OC(=O)N(C)CCNC)C(C)C. The van der Waals surface area contributed by atoms with Crippen LogP contribution in [0.25, 0.3) is 0 Å². The fourth-order valence-corrected chi connectivity index (χ4v) is 10.6. The van der Waals surface area contributed by atoms with Crippen LogP contribution in [0.2, 0.25) is 0 Å². The Morgan fingerprint density at radius 2 is 1.48 bits per heavy atom. The maximum absolute atomic E-state index is 14.8. The zero-order valence-corrected chi connectivity index (χ0v) is 50.4. The van der Waals surface area contributed by atoms with Gasteiger partial charge in [0.05, 0.1) is 48.8 Å². The lowest BCUT2D eigenvalue weighted by Crippen LogP contribution is -2.61. The molecule has 2 fully saturated rings. The number of aliphatic hydroxyl groups excluding tert-OH is 4. The zero-order chi connectivity index (χ0) is 62.2. The van der Waals surface area contributed by atoms with Gasteiger partial charge in [-0.1, -0.05) is 85.2 Å². The summed E-state index contributed by atoms with van der Waals surface area (Å²) in [5, 5.41) is 60.3. The van der Waals surface area contributed by atoms with E-state index in [1.165, 1.54) is 56.3 Å². The number of carboxylic acids is 1. The standard InChI is InChI=1S/C58H91N7O18/c1-15-33(6)45(41(78-13)29-42(66)65-26-19-22-39(65)50(79-14)34(7)52(71)60-35(8)46(67)36-20-17-16-18-21-36)63(11)54(73)43(31(2)3)61-53(72)44(32(4)5)64(12)58(77)80-30-37-23-24-38(28-40(37)82-57(76)62(10)27-25-59-9)81-56-49(70)47(68)48(69)51(83-56)55(74)75/h16-18,20-21,23-24,28,31-35,39,41,43-51,56,59,67-70H,15,19,22,25-27,29-30H2,1-14H3,(H,60,71)(H,61,72)(H,74,75)/t33-,34+,35+,39-,41+,43-,44-,45-,46+,47-,48-,49+,50+,51-,56+/m0/s1. The van der Waals surface area contributed by atoms with Gasteiger partial charge in [0.25, 0.3) is 0 Å². The number of likely N-dealkylation sites (tertiary alicyclic amines) is 1. The lowest BCUT2D eigenvalue weighted by atomic mass is 9.89. The van der Waals surface area contributed by atoms with Crippen LogP contribution in [0, 0.1) is 23.7 Å². The Bertz CT molecular complexity index is 2460. The van der Waals surface area contributed by atoms with Gasteiger partial charge in [-0.05, 0) is 62.3 Å². The van der Waals surface area contributed by atoms with Gasteiger partial charge in [-0.2, -0.15) is 0 Å². The maximum atomic E-state index is 14.8. The van der Waals surface area contributed by atoms with Crippen molar-refractivity contribution in [2.24, 2.45) is 23.7 Å². The van der Waals surface area contributed by atoms with E-state index >= 15 is 0 Å². The summed E-state index contributed by atoms with van der Waals surface area (Å²) in [6.07, 6.45) is -12.1. The van der Waals surface area contributed by atoms with E-state index in [1.54, 1.807) is 72.7 Å². The number of hydrogen-bond acceptors (Lipinski definition) is 18. The number of carboxylic acid groups (broad SMARTS) is 1. The number of aliphatic hydroxyl groups is 4. The van der Waals surface area contributed by atoms with E-state index in [2.05, 4.69) is 16.0 Å². The molecule has 4 rings (SSSR count). The highest BCUT2D eigenvalue weighted by atomic mass is 16.7. The molecule has 0 radical (unpaired) electrons. The number of rotatable bonds is 29. The van der Waals surface area contributed by atoms with Crippen LogP contribution in [0.15, 0.2) is 48.5 Å². The van der Waals surface area contributed by atoms with E-state index in [-0.39, 0.29) is 47.8 Å². The third-order valence-corrected chi connectivity index (χ3v) is 15.7. The van der Waals surface area contributed by atoms with E-state index in [0.29, 0.717) is 37.9 Å². The van der Waals surface area contributed by atoms with E-state index in [9.17, 15) is 59.1 Å². The Balaban J connectivity index is 1.50. The Hall–Kier alpha value is -6.19. The highest BCUT2D eigenvalue weighted by Gasteiger charge is 2.49. The number of carbonyl (C=O) groups is 7. The fourth-order valence-electron chi connectivity index (χ4n) is 10.6. The van der Waals surface area contributed by atoms with Crippen molar-refractivity contribution in [3.05, 3.63) is 59.7 Å². The molecule has 0 aliphatic carbocycles. The zero-order valence-electron chi connectivity index (χ0n) is 50.4. The van der Waals surface area contributed by atoms with Crippen LogP contribution >= 0.6 is 0 Å². The van der Waals surface area contributed by atoms with Crippen LogP contribution in [-0.2, 0) is 49.5 Å². The van der Waals surface area contributed by atoms with Gasteiger partial charge in [-0.3, -0.25) is 24.1 Å². The molecule has 0 saturated carbocycles. The Morgan fingerprint density at radius 3 is 2.06 bits per heavy atom. The van der Waals surface area contributed by atoms with Crippen molar-refractivity contribution in [2.45, 2.75) is 167 Å². The van der Waals surface area contributed by atoms with Crippen LogP contribution in [-0.4, -0.2) is 222 Å². The van der Waals surface area contributed by atoms with Crippen LogP contribution in [0.1, 0.15) is 98.3 Å². The Morgan fingerprint density at radius 1 is 0.819 bits per heavy atom. The van der Waals surface area contributed by atoms with Crippen molar-refractivity contribution in [1.82, 2.24) is 35.6 Å². The molecule has 2 heterocycles. The van der Waals surface area contributed by atoms with Crippen molar-refractivity contribution in [1.29, 1.82) is 0 Å². The summed E-state index contributed by atoms with van der Waals surface area (Å²) in [4.78, 5) is 102. The molecule has 2 aromatic carbocycles. The summed E-state index contributed by atoms with van der Waals surface area (Å²) in [6.45, 7) is 14.9. The molecular weight excluding hydrogens is 1080 g/mol. The van der Waals surface area contributed by atoms with Gasteiger partial charge in [0.2, 0.25) is 29.9 Å². The normalized spacial score (nSPS) is 22.2. The molecule has 83 heavy (non-hydrogen) atoms. The number of nitrogens with zero attached hydrogens (tertiary/aromatic N) is 4. The second kappa shape index (κ2) is 32.2. The first-order valence-electron chi connectivity index (χ1n) is 28.3. The van der Waals surface area contributed by atoms with E-state index < -0.39 is 134 Å². The molecule has 0 aromatic heterocycles. The molecular formula is C58H91N7O18. The summed E-state index contributed by atoms with van der Waals surface area (Å²) in [5.41, 5.74) is 0.790. The highest BCUT2D eigenvalue weighted by molar-refractivity contribution is 5.92. The van der Waals surface area contributed by atoms with E-state index in [0.717, 1.165) is 4.90 Å². The summed E-state index contributed by atoms with van der Waals surface area (Å²) in [5.74, 6) is -5.54. The molecule has 0 spiro atoms. The third-order valence-electron chi connectivity index (χ3n) is 15.7. The predicted molar refractivity (Wildman–Crippen MR) is 302 cm³/mol. The number of nitrogens with one attached hydrogen (secondary N) is 3. The molecule has 2 aliphatic heterocycles. The average molecular weight is 1170 g/mol. The molecule has 2 saturated heterocycles. The largest absolute Gasteiger partial charge is 0.479 e. The second-order valence-corrected chi connectivity index (χ2v) is 22.3. The monoisotopic (exact) mass is 1170 g/mol. The van der Waals surface area contributed by atoms with Crippen LogP contribution in [0.5, 0.6) is 11.5 Å². The van der Waals surface area contributed by atoms with Gasteiger partial charge < -0.3 is 84.6 Å². The third kappa shape index (κ3) is 17.9. The minimum atomic E-state index is -1.97. The van der Waals surface area contributed by atoms with Crippen LogP contribution in [0.4, 0.5) is 9.59 Å². The number of likely N-dealkylation sites (N-methyl/N-ethyl adjacent to an activating group) is 4. The van der Waals surface area contributed by atoms with Crippen molar-refractivity contribution >= 4 is 41.8 Å². The first-order valence-corrected chi connectivity index (χ1v) is 28.3. The van der Waals surface area contributed by atoms with Crippen molar-refractivity contribution in [3.8, 4) is 11.5 Å². The Kier molecular flexibility index (Phi) is 26.9. The lowest BCUT2D eigenvalue weighted by Gasteiger charge is -2.41. The minimum Gasteiger partial charge on any atom is -0.479 e. The molecule has 0 bridgehead atoms. The number of carbonyl (C=O) groups excluding carboxylic acids is 6. The summed E-state index contributed by atoms with van der Waals surface area (Å²) >= 11 is 0. The molecule has 2 aliphatic rings. The van der Waals surface area contributed by atoms with Crippen LogP contribution < -0.4 is 25.4 Å². The summed E-state index contributed by atoms with van der Waals surface area (Å²) in [6, 6.07) is 8.88. The lowest BCUT2D eigenvalue weighted by molar-refractivity contribution is -0.271. The highest BCUT2D eigenvalue weighted by Crippen LogP contribution is 2.33. The molecule has 466 valence electrons. The number of methoxy groups -OCH3 is 2. The average Bonchev–Trinajstić information content (AvgIpc) is 4.19. The fraction of sp³-hybridized carbons (Fsp3) is 0.672. The first kappa shape index (κ1) is 69.3. The van der Waals surface area contributed by atoms with Gasteiger partial charge in [-0.15, -0.1) is 0 Å². The van der Waals surface area contributed by atoms with Crippen molar-refractivity contribution in [3.63, 3.8) is 0 Å². The number of amides is 6.